The van der Waals surface area contributed by atoms with Crippen LogP contribution in [0.4, 0.5) is 0 Å². The number of hydrogen-bond donors (Lipinski definition) is 0. The molecule has 4 nitrogen and oxygen atoms in total. The number of halogens is 1. The summed E-state index contributed by atoms with van der Waals surface area (Å²) < 4.78 is 0. The van der Waals surface area contributed by atoms with Crippen LogP contribution in [0.5, 0.6) is 0 Å². The van der Waals surface area contributed by atoms with Crippen LogP contribution in [0.2, 0.25) is 5.02 Å². The average molecular weight is 380 g/mol. The molecule has 27 heavy (non-hydrogen) atoms. The molecule has 0 saturated carbocycles. The molecule has 138 valence electrons. The molecule has 3 heterocycles. The predicted octanol–water partition coefficient (Wildman–Crippen LogP) is 5.07. The number of carbonyl (C=O) groups is 1. The Hall–Kier alpha value is -2.46. The SMILES string of the molecule is C[C@@H]1C[C@@H](C)CN(C(=O)c2cc(-c3ccncc3)nc3ccc(Cl)cc23)C1. The molecule has 1 aromatic carbocycles. The van der Waals surface area contributed by atoms with Crippen LogP contribution in [0.1, 0.15) is 30.6 Å². The summed E-state index contributed by atoms with van der Waals surface area (Å²) in [7, 11) is 0. The summed E-state index contributed by atoms with van der Waals surface area (Å²) in [6, 6.07) is 11.2. The Balaban J connectivity index is 1.84. The van der Waals surface area contributed by atoms with Gasteiger partial charge in [-0.05, 0) is 54.7 Å². The van der Waals surface area contributed by atoms with Crippen molar-refractivity contribution >= 4 is 28.4 Å². The number of pyridine rings is 2. The molecule has 0 aliphatic carbocycles. The molecule has 1 saturated heterocycles. The van der Waals surface area contributed by atoms with Gasteiger partial charge in [-0.2, -0.15) is 0 Å². The third kappa shape index (κ3) is 3.67. The molecule has 1 aliphatic rings. The number of fused-ring (bicyclic) bond motifs is 1. The molecule has 0 bridgehead atoms. The van der Waals surface area contributed by atoms with Crippen LogP contribution in [0.3, 0.4) is 0 Å². The van der Waals surface area contributed by atoms with Gasteiger partial charge in [0.15, 0.2) is 0 Å². The first-order valence-corrected chi connectivity index (χ1v) is 9.69. The highest BCUT2D eigenvalue weighted by Gasteiger charge is 2.27. The maximum atomic E-state index is 13.4. The molecular weight excluding hydrogens is 358 g/mol. The van der Waals surface area contributed by atoms with Crippen molar-refractivity contribution in [3.8, 4) is 11.3 Å². The summed E-state index contributed by atoms with van der Waals surface area (Å²) in [5, 5.41) is 1.41. The minimum absolute atomic E-state index is 0.0540. The molecule has 0 unspecified atom stereocenters. The largest absolute Gasteiger partial charge is 0.338 e. The molecule has 0 radical (unpaired) electrons. The Labute approximate surface area is 164 Å². The average Bonchev–Trinajstić information content (AvgIpc) is 2.66. The van der Waals surface area contributed by atoms with E-state index in [4.69, 9.17) is 16.6 Å². The Kier molecular flexibility index (Phi) is 4.83. The number of hydrogen-bond acceptors (Lipinski definition) is 3. The highest BCUT2D eigenvalue weighted by Crippen LogP contribution is 2.29. The van der Waals surface area contributed by atoms with Crippen molar-refractivity contribution in [3.05, 3.63) is 59.4 Å². The molecular formula is C22H22ClN3O. The normalized spacial score (nSPS) is 20.0. The standard InChI is InChI=1S/C22H22ClN3O/c1-14-9-15(2)13-26(12-14)22(27)19-11-21(16-5-7-24-8-6-16)25-20-4-3-17(23)10-18(19)20/h3-8,10-11,14-15H,9,12-13H2,1-2H3/t14-,15-/m1/s1. The number of benzene rings is 1. The van der Waals surface area contributed by atoms with Crippen LogP contribution in [-0.2, 0) is 0 Å². The van der Waals surface area contributed by atoms with E-state index in [9.17, 15) is 4.79 Å². The number of amides is 1. The van der Waals surface area contributed by atoms with Crippen LogP contribution in [0, 0.1) is 11.8 Å². The quantitative estimate of drug-likeness (QED) is 0.624. The fourth-order valence-electron chi connectivity index (χ4n) is 4.04. The number of piperidine rings is 1. The highest BCUT2D eigenvalue weighted by molar-refractivity contribution is 6.31. The number of aromatic nitrogens is 2. The van der Waals surface area contributed by atoms with Crippen molar-refractivity contribution < 1.29 is 4.79 Å². The molecule has 1 amide bonds. The monoisotopic (exact) mass is 379 g/mol. The van der Waals surface area contributed by atoms with Crippen LogP contribution < -0.4 is 0 Å². The maximum Gasteiger partial charge on any atom is 0.254 e. The van der Waals surface area contributed by atoms with Crippen LogP contribution in [0.25, 0.3) is 22.2 Å². The predicted molar refractivity (Wildman–Crippen MR) is 109 cm³/mol. The molecule has 1 fully saturated rings. The first-order valence-electron chi connectivity index (χ1n) is 9.31. The first kappa shape index (κ1) is 17.9. The Morgan fingerprint density at radius 2 is 1.78 bits per heavy atom. The van der Waals surface area contributed by atoms with Crippen molar-refractivity contribution in [2.75, 3.05) is 13.1 Å². The zero-order valence-electron chi connectivity index (χ0n) is 15.5. The third-order valence-electron chi connectivity index (χ3n) is 5.13. The van der Waals surface area contributed by atoms with E-state index in [1.807, 2.05) is 41.3 Å². The molecule has 2 aromatic heterocycles. The molecule has 0 spiro atoms. The third-order valence-corrected chi connectivity index (χ3v) is 5.37. The van der Waals surface area contributed by atoms with Gasteiger partial charge in [-0.3, -0.25) is 9.78 Å². The first-order chi connectivity index (χ1) is 13.0. The van der Waals surface area contributed by atoms with E-state index < -0.39 is 0 Å². The Bertz CT molecular complexity index is 980. The Morgan fingerprint density at radius 1 is 1.07 bits per heavy atom. The summed E-state index contributed by atoms with van der Waals surface area (Å²) >= 11 is 6.22. The minimum atomic E-state index is 0.0540. The van der Waals surface area contributed by atoms with E-state index in [0.29, 0.717) is 22.4 Å². The van der Waals surface area contributed by atoms with Gasteiger partial charge >= 0.3 is 0 Å². The summed E-state index contributed by atoms with van der Waals surface area (Å²) in [6.45, 7) is 6.00. The topological polar surface area (TPSA) is 46.1 Å². The summed E-state index contributed by atoms with van der Waals surface area (Å²) in [6.07, 6.45) is 4.63. The minimum Gasteiger partial charge on any atom is -0.338 e. The summed E-state index contributed by atoms with van der Waals surface area (Å²) in [4.78, 5) is 24.2. The lowest BCUT2D eigenvalue weighted by Crippen LogP contribution is -2.42. The van der Waals surface area contributed by atoms with Crippen molar-refractivity contribution in [2.24, 2.45) is 11.8 Å². The van der Waals surface area contributed by atoms with E-state index in [1.165, 1.54) is 0 Å². The van der Waals surface area contributed by atoms with E-state index in [0.717, 1.165) is 41.7 Å². The van der Waals surface area contributed by atoms with E-state index in [1.54, 1.807) is 12.4 Å². The summed E-state index contributed by atoms with van der Waals surface area (Å²) in [5.74, 6) is 1.07. The lowest BCUT2D eigenvalue weighted by Gasteiger charge is -2.35. The van der Waals surface area contributed by atoms with Gasteiger partial charge in [0.1, 0.15) is 0 Å². The fraction of sp³-hybridized carbons (Fsp3) is 0.318. The molecule has 2 atom stereocenters. The van der Waals surface area contributed by atoms with Gasteiger partial charge < -0.3 is 4.90 Å². The van der Waals surface area contributed by atoms with Crippen LogP contribution in [-0.4, -0.2) is 33.9 Å². The molecule has 4 rings (SSSR count). The van der Waals surface area contributed by atoms with Crippen molar-refractivity contribution in [1.82, 2.24) is 14.9 Å². The van der Waals surface area contributed by atoms with Crippen LogP contribution in [0.15, 0.2) is 48.8 Å². The smallest absolute Gasteiger partial charge is 0.254 e. The molecule has 3 aromatic rings. The van der Waals surface area contributed by atoms with Crippen molar-refractivity contribution in [2.45, 2.75) is 20.3 Å². The van der Waals surface area contributed by atoms with Gasteiger partial charge in [0.2, 0.25) is 0 Å². The Morgan fingerprint density at radius 3 is 2.48 bits per heavy atom. The van der Waals surface area contributed by atoms with Crippen LogP contribution >= 0.6 is 11.6 Å². The number of carbonyl (C=O) groups excluding carboxylic acids is 1. The highest BCUT2D eigenvalue weighted by atomic mass is 35.5. The lowest BCUT2D eigenvalue weighted by atomic mass is 9.91. The lowest BCUT2D eigenvalue weighted by molar-refractivity contribution is 0.0625. The van der Waals surface area contributed by atoms with Gasteiger partial charge in [0.25, 0.3) is 5.91 Å². The van der Waals surface area contributed by atoms with Gasteiger partial charge in [-0.25, -0.2) is 4.98 Å². The zero-order chi connectivity index (χ0) is 19.0. The second-order valence-electron chi connectivity index (χ2n) is 7.61. The van der Waals surface area contributed by atoms with E-state index in [-0.39, 0.29) is 5.91 Å². The second kappa shape index (κ2) is 7.28. The maximum absolute atomic E-state index is 13.4. The van der Waals surface area contributed by atoms with Gasteiger partial charge in [-0.15, -0.1) is 0 Å². The number of likely N-dealkylation sites (tertiary alicyclic amines) is 1. The van der Waals surface area contributed by atoms with E-state index in [2.05, 4.69) is 18.8 Å². The molecule has 5 heteroatoms. The number of nitrogens with zero attached hydrogens (tertiary/aromatic N) is 3. The van der Waals surface area contributed by atoms with Gasteiger partial charge in [0, 0.05) is 41.5 Å². The molecule has 1 aliphatic heterocycles. The van der Waals surface area contributed by atoms with Crippen molar-refractivity contribution in [3.63, 3.8) is 0 Å². The molecule has 0 N–H and O–H groups in total. The summed E-state index contributed by atoms with van der Waals surface area (Å²) in [5.41, 5.74) is 3.15. The zero-order valence-corrected chi connectivity index (χ0v) is 16.3. The van der Waals surface area contributed by atoms with Crippen molar-refractivity contribution in [1.29, 1.82) is 0 Å². The fourth-order valence-corrected chi connectivity index (χ4v) is 4.22. The van der Waals surface area contributed by atoms with E-state index >= 15 is 0 Å². The number of rotatable bonds is 2. The van der Waals surface area contributed by atoms with Gasteiger partial charge in [-0.1, -0.05) is 25.4 Å². The van der Waals surface area contributed by atoms with Gasteiger partial charge in [0.05, 0.1) is 16.8 Å². The second-order valence-corrected chi connectivity index (χ2v) is 8.05.